The average Bonchev–Trinajstić information content (AvgIpc) is 2.16. The molecule has 14 heavy (non-hydrogen) atoms. The van der Waals surface area contributed by atoms with E-state index in [4.69, 9.17) is 11.6 Å². The first-order chi connectivity index (χ1) is 6.65. The van der Waals surface area contributed by atoms with Crippen LogP contribution in [0, 0.1) is 22.0 Å². The largest absolute Gasteiger partial charge is 0.288 e. The predicted octanol–water partition coefficient (Wildman–Crippen LogP) is 2.39. The van der Waals surface area contributed by atoms with Gasteiger partial charge < -0.3 is 0 Å². The fourth-order valence-electron chi connectivity index (χ4n) is 0.753. The van der Waals surface area contributed by atoms with Crippen molar-refractivity contribution in [3.05, 3.63) is 33.1 Å². The standard InChI is InChI=1S/C8H4BrClN2O2/c9-3-1-2-6-4-7(12(13)14)5-11-8(6)10/h4-5H,3H2. The summed E-state index contributed by atoms with van der Waals surface area (Å²) in [5.74, 6) is 5.35. The number of halogens is 2. The fourth-order valence-corrected chi connectivity index (χ4v) is 1.04. The SMILES string of the molecule is O=[N+]([O-])c1cnc(Cl)c(C#CCBr)c1. The van der Waals surface area contributed by atoms with Gasteiger partial charge in [-0.1, -0.05) is 39.4 Å². The lowest BCUT2D eigenvalue weighted by Gasteiger charge is -1.94. The molecule has 0 aliphatic rings. The number of nitrogens with zero attached hydrogens (tertiary/aromatic N) is 2. The van der Waals surface area contributed by atoms with Crippen LogP contribution in [0.1, 0.15) is 5.56 Å². The Hall–Kier alpha value is -1.12. The molecule has 0 amide bonds. The summed E-state index contributed by atoms with van der Waals surface area (Å²) in [5.41, 5.74) is 0.244. The van der Waals surface area contributed by atoms with Crippen LogP contribution in [-0.2, 0) is 0 Å². The van der Waals surface area contributed by atoms with E-state index in [1.54, 1.807) is 0 Å². The van der Waals surface area contributed by atoms with Crippen molar-refractivity contribution in [2.75, 3.05) is 5.33 Å². The van der Waals surface area contributed by atoms with Gasteiger partial charge in [-0.3, -0.25) is 10.1 Å². The van der Waals surface area contributed by atoms with E-state index in [2.05, 4.69) is 32.8 Å². The Balaban J connectivity index is 3.14. The molecule has 0 N–H and O–H groups in total. The maximum atomic E-state index is 10.4. The number of alkyl halides is 1. The number of hydrogen-bond donors (Lipinski definition) is 0. The number of nitro groups is 1. The zero-order valence-corrected chi connectivity index (χ0v) is 9.17. The van der Waals surface area contributed by atoms with Gasteiger partial charge in [-0.15, -0.1) is 0 Å². The van der Waals surface area contributed by atoms with Gasteiger partial charge >= 0.3 is 0 Å². The number of hydrogen-bond acceptors (Lipinski definition) is 3. The van der Waals surface area contributed by atoms with E-state index in [0.717, 1.165) is 6.20 Å². The first-order valence-corrected chi connectivity index (χ1v) is 5.00. The van der Waals surface area contributed by atoms with Crippen molar-refractivity contribution >= 4 is 33.2 Å². The maximum absolute atomic E-state index is 10.4. The van der Waals surface area contributed by atoms with Crippen LogP contribution in [0.5, 0.6) is 0 Å². The van der Waals surface area contributed by atoms with Crippen LogP contribution >= 0.6 is 27.5 Å². The number of pyridine rings is 1. The molecule has 0 saturated heterocycles. The summed E-state index contributed by atoms with van der Waals surface area (Å²) >= 11 is 8.79. The third kappa shape index (κ3) is 2.69. The highest BCUT2D eigenvalue weighted by Gasteiger charge is 2.08. The van der Waals surface area contributed by atoms with E-state index in [1.165, 1.54) is 6.07 Å². The Labute approximate surface area is 93.6 Å². The summed E-state index contributed by atoms with van der Waals surface area (Å²) in [6.07, 6.45) is 1.10. The smallest absolute Gasteiger partial charge is 0.258 e. The van der Waals surface area contributed by atoms with Crippen molar-refractivity contribution in [1.82, 2.24) is 4.98 Å². The van der Waals surface area contributed by atoms with E-state index >= 15 is 0 Å². The molecule has 72 valence electrons. The molecule has 0 spiro atoms. The molecule has 6 heteroatoms. The third-order valence-electron chi connectivity index (χ3n) is 1.33. The molecule has 0 bridgehead atoms. The van der Waals surface area contributed by atoms with E-state index < -0.39 is 4.92 Å². The quantitative estimate of drug-likeness (QED) is 0.260. The molecular weight excluding hydrogens is 271 g/mol. The van der Waals surface area contributed by atoms with Gasteiger partial charge in [-0.05, 0) is 0 Å². The van der Waals surface area contributed by atoms with Crippen molar-refractivity contribution in [3.8, 4) is 11.8 Å². The lowest BCUT2D eigenvalue weighted by atomic mass is 10.3. The van der Waals surface area contributed by atoms with Gasteiger partial charge in [0.25, 0.3) is 5.69 Å². The molecule has 1 aromatic rings. The van der Waals surface area contributed by atoms with Gasteiger partial charge in [0.1, 0.15) is 11.3 Å². The van der Waals surface area contributed by atoms with Gasteiger partial charge in [0.15, 0.2) is 0 Å². The topological polar surface area (TPSA) is 56.0 Å². The maximum Gasteiger partial charge on any atom is 0.288 e. The van der Waals surface area contributed by atoms with Crippen LogP contribution in [0.4, 0.5) is 5.69 Å². The predicted molar refractivity (Wildman–Crippen MR) is 56.6 cm³/mol. The van der Waals surface area contributed by atoms with Crippen LogP contribution in [0.2, 0.25) is 5.15 Å². The second-order valence-corrected chi connectivity index (χ2v) is 3.14. The highest BCUT2D eigenvalue weighted by atomic mass is 79.9. The van der Waals surface area contributed by atoms with Gasteiger partial charge in [0, 0.05) is 6.07 Å². The summed E-state index contributed by atoms with van der Waals surface area (Å²) in [6.45, 7) is 0. The molecule has 0 aromatic carbocycles. The molecule has 0 radical (unpaired) electrons. The summed E-state index contributed by atoms with van der Waals surface area (Å²) in [7, 11) is 0. The fraction of sp³-hybridized carbons (Fsp3) is 0.125. The Morgan fingerprint density at radius 1 is 1.71 bits per heavy atom. The minimum Gasteiger partial charge on any atom is -0.258 e. The molecule has 4 nitrogen and oxygen atoms in total. The third-order valence-corrected chi connectivity index (χ3v) is 1.91. The second kappa shape index (κ2) is 4.94. The lowest BCUT2D eigenvalue weighted by molar-refractivity contribution is -0.385. The molecule has 1 aromatic heterocycles. The zero-order valence-electron chi connectivity index (χ0n) is 6.83. The van der Waals surface area contributed by atoms with Crippen LogP contribution in [0.3, 0.4) is 0 Å². The van der Waals surface area contributed by atoms with Crippen LogP contribution in [0.15, 0.2) is 12.3 Å². The number of aromatic nitrogens is 1. The normalized spacial score (nSPS) is 9.00. The van der Waals surface area contributed by atoms with E-state index in [1.807, 2.05) is 0 Å². The second-order valence-electron chi connectivity index (χ2n) is 2.22. The monoisotopic (exact) mass is 274 g/mol. The van der Waals surface area contributed by atoms with Crippen molar-refractivity contribution < 1.29 is 4.92 Å². The summed E-state index contributed by atoms with van der Waals surface area (Å²) in [6, 6.07) is 1.30. The molecule has 0 aliphatic carbocycles. The molecular formula is C8H4BrClN2O2. The highest BCUT2D eigenvalue weighted by Crippen LogP contribution is 2.17. The minimum atomic E-state index is -0.539. The zero-order chi connectivity index (χ0) is 10.6. The van der Waals surface area contributed by atoms with Gasteiger partial charge in [-0.2, -0.15) is 0 Å². The van der Waals surface area contributed by atoms with Gasteiger partial charge in [0.05, 0.1) is 15.8 Å². The molecule has 0 unspecified atom stereocenters. The molecule has 1 heterocycles. The Bertz CT molecular complexity index is 425. The summed E-state index contributed by atoms with van der Waals surface area (Å²) in [4.78, 5) is 13.5. The summed E-state index contributed by atoms with van der Waals surface area (Å²) in [5, 5.41) is 11.1. The van der Waals surface area contributed by atoms with Crippen LogP contribution < -0.4 is 0 Å². The van der Waals surface area contributed by atoms with Gasteiger partial charge in [0.2, 0.25) is 0 Å². The number of rotatable bonds is 1. The van der Waals surface area contributed by atoms with Crippen molar-refractivity contribution in [2.45, 2.75) is 0 Å². The van der Waals surface area contributed by atoms with E-state index in [-0.39, 0.29) is 10.8 Å². The first kappa shape index (κ1) is 11.0. The van der Waals surface area contributed by atoms with E-state index in [9.17, 15) is 10.1 Å². The van der Waals surface area contributed by atoms with Crippen LogP contribution in [0.25, 0.3) is 0 Å². The molecule has 0 aliphatic heterocycles. The van der Waals surface area contributed by atoms with Crippen molar-refractivity contribution in [1.29, 1.82) is 0 Å². The van der Waals surface area contributed by atoms with Crippen molar-refractivity contribution in [3.63, 3.8) is 0 Å². The summed E-state index contributed by atoms with van der Waals surface area (Å²) < 4.78 is 0. The molecule has 0 saturated carbocycles. The molecule has 1 rings (SSSR count). The van der Waals surface area contributed by atoms with Crippen molar-refractivity contribution in [2.24, 2.45) is 0 Å². The highest BCUT2D eigenvalue weighted by molar-refractivity contribution is 9.09. The lowest BCUT2D eigenvalue weighted by Crippen LogP contribution is -1.91. The minimum absolute atomic E-state index is 0.117. The Kier molecular flexibility index (Phi) is 3.86. The average molecular weight is 275 g/mol. The molecule has 0 fully saturated rings. The van der Waals surface area contributed by atoms with Gasteiger partial charge in [-0.25, -0.2) is 4.98 Å². The first-order valence-electron chi connectivity index (χ1n) is 3.50. The van der Waals surface area contributed by atoms with Crippen LogP contribution in [-0.4, -0.2) is 15.2 Å². The Morgan fingerprint density at radius 2 is 2.43 bits per heavy atom. The van der Waals surface area contributed by atoms with E-state index in [0.29, 0.717) is 10.9 Å². The molecule has 0 atom stereocenters. The Morgan fingerprint density at radius 3 is 3.00 bits per heavy atom.